The molecule has 3 N–H and O–H groups in total. The maximum atomic E-state index is 12.4. The SMILES string of the molecule is NC(=O)Cc1csc(NC(=O)c2cccc(N3CCCC3=O)c2)n1. The second-order valence-electron chi connectivity index (χ2n) is 5.44. The third-order valence-corrected chi connectivity index (χ3v) is 4.43. The van der Waals surface area contributed by atoms with Crippen LogP contribution in [0.1, 0.15) is 28.9 Å². The van der Waals surface area contributed by atoms with Crippen LogP contribution in [0.5, 0.6) is 0 Å². The van der Waals surface area contributed by atoms with Gasteiger partial charge in [-0.1, -0.05) is 6.07 Å². The minimum Gasteiger partial charge on any atom is -0.369 e. The summed E-state index contributed by atoms with van der Waals surface area (Å²) >= 11 is 1.23. The summed E-state index contributed by atoms with van der Waals surface area (Å²) in [5.74, 6) is -0.715. The van der Waals surface area contributed by atoms with Gasteiger partial charge in [-0.3, -0.25) is 19.7 Å². The largest absolute Gasteiger partial charge is 0.369 e. The average Bonchev–Trinajstić information content (AvgIpc) is 3.16. The minimum absolute atomic E-state index is 0.0406. The van der Waals surface area contributed by atoms with E-state index in [-0.39, 0.29) is 18.2 Å². The highest BCUT2D eigenvalue weighted by atomic mass is 32.1. The van der Waals surface area contributed by atoms with Crippen LogP contribution in [0.4, 0.5) is 10.8 Å². The van der Waals surface area contributed by atoms with E-state index in [0.717, 1.165) is 12.1 Å². The number of thiazole rings is 1. The van der Waals surface area contributed by atoms with Crippen molar-refractivity contribution in [1.82, 2.24) is 4.98 Å². The highest BCUT2D eigenvalue weighted by Crippen LogP contribution is 2.23. The van der Waals surface area contributed by atoms with Crippen molar-refractivity contribution in [3.63, 3.8) is 0 Å². The molecule has 0 bridgehead atoms. The molecule has 0 saturated carbocycles. The van der Waals surface area contributed by atoms with Gasteiger partial charge >= 0.3 is 0 Å². The van der Waals surface area contributed by atoms with Gasteiger partial charge in [0.05, 0.1) is 12.1 Å². The number of rotatable bonds is 5. The maximum Gasteiger partial charge on any atom is 0.257 e. The number of benzene rings is 1. The lowest BCUT2D eigenvalue weighted by Crippen LogP contribution is -2.24. The molecule has 3 rings (SSSR count). The number of amides is 3. The van der Waals surface area contributed by atoms with E-state index in [0.29, 0.717) is 29.4 Å². The van der Waals surface area contributed by atoms with Crippen LogP contribution in [0.3, 0.4) is 0 Å². The van der Waals surface area contributed by atoms with Gasteiger partial charge in [-0.05, 0) is 24.6 Å². The van der Waals surface area contributed by atoms with E-state index < -0.39 is 5.91 Å². The number of anilines is 2. The van der Waals surface area contributed by atoms with Crippen molar-refractivity contribution >= 4 is 39.9 Å². The second-order valence-corrected chi connectivity index (χ2v) is 6.30. The lowest BCUT2D eigenvalue weighted by atomic mass is 10.2. The Bertz CT molecular complexity index is 802. The minimum atomic E-state index is -0.471. The van der Waals surface area contributed by atoms with Crippen molar-refractivity contribution in [2.45, 2.75) is 19.3 Å². The van der Waals surface area contributed by atoms with Crippen LogP contribution in [-0.2, 0) is 16.0 Å². The van der Waals surface area contributed by atoms with E-state index in [2.05, 4.69) is 10.3 Å². The third-order valence-electron chi connectivity index (χ3n) is 3.62. The van der Waals surface area contributed by atoms with E-state index >= 15 is 0 Å². The smallest absolute Gasteiger partial charge is 0.257 e. The number of aromatic nitrogens is 1. The summed E-state index contributed by atoms with van der Waals surface area (Å²) in [7, 11) is 0. The van der Waals surface area contributed by atoms with E-state index in [9.17, 15) is 14.4 Å². The highest BCUT2D eigenvalue weighted by molar-refractivity contribution is 7.14. The van der Waals surface area contributed by atoms with Gasteiger partial charge in [-0.2, -0.15) is 0 Å². The Balaban J connectivity index is 1.72. The molecule has 2 heterocycles. The Morgan fingerprint density at radius 3 is 2.92 bits per heavy atom. The molecular formula is C16H16N4O3S. The second kappa shape index (κ2) is 6.79. The molecular weight excluding hydrogens is 328 g/mol. The molecule has 1 fully saturated rings. The molecule has 2 aromatic rings. The fraction of sp³-hybridized carbons (Fsp3) is 0.250. The molecule has 0 unspecified atom stereocenters. The number of primary amides is 1. The van der Waals surface area contributed by atoms with E-state index in [1.165, 1.54) is 11.3 Å². The molecule has 1 aromatic heterocycles. The lowest BCUT2D eigenvalue weighted by molar-refractivity contribution is -0.118. The Kier molecular flexibility index (Phi) is 4.57. The van der Waals surface area contributed by atoms with Crippen molar-refractivity contribution in [3.8, 4) is 0 Å². The van der Waals surface area contributed by atoms with Crippen LogP contribution < -0.4 is 16.0 Å². The summed E-state index contributed by atoms with van der Waals surface area (Å²) in [5.41, 5.74) is 6.81. The Morgan fingerprint density at radius 1 is 1.38 bits per heavy atom. The predicted molar refractivity (Wildman–Crippen MR) is 91.0 cm³/mol. The molecule has 0 aliphatic carbocycles. The van der Waals surface area contributed by atoms with Crippen LogP contribution >= 0.6 is 11.3 Å². The first-order chi connectivity index (χ1) is 11.5. The van der Waals surface area contributed by atoms with Gasteiger partial charge in [0.2, 0.25) is 11.8 Å². The highest BCUT2D eigenvalue weighted by Gasteiger charge is 2.22. The van der Waals surface area contributed by atoms with E-state index in [4.69, 9.17) is 5.73 Å². The van der Waals surface area contributed by atoms with Gasteiger partial charge in [-0.25, -0.2) is 4.98 Å². The van der Waals surface area contributed by atoms with Crippen molar-refractivity contribution in [2.24, 2.45) is 5.73 Å². The number of hydrogen-bond donors (Lipinski definition) is 2. The van der Waals surface area contributed by atoms with Crippen LogP contribution in [0.25, 0.3) is 0 Å². The predicted octanol–water partition coefficient (Wildman–Crippen LogP) is 1.55. The summed E-state index contributed by atoms with van der Waals surface area (Å²) in [6.07, 6.45) is 1.41. The molecule has 1 aromatic carbocycles. The summed E-state index contributed by atoms with van der Waals surface area (Å²) in [6, 6.07) is 6.93. The molecule has 1 aliphatic heterocycles. The molecule has 3 amide bonds. The van der Waals surface area contributed by atoms with Crippen molar-refractivity contribution < 1.29 is 14.4 Å². The molecule has 1 aliphatic rings. The first kappa shape index (κ1) is 16.1. The molecule has 1 saturated heterocycles. The molecule has 124 valence electrons. The maximum absolute atomic E-state index is 12.4. The van der Waals surface area contributed by atoms with Gasteiger partial charge in [0, 0.05) is 29.6 Å². The summed E-state index contributed by atoms with van der Waals surface area (Å²) < 4.78 is 0. The summed E-state index contributed by atoms with van der Waals surface area (Å²) in [5, 5.41) is 4.78. The van der Waals surface area contributed by atoms with Gasteiger partial charge in [-0.15, -0.1) is 11.3 Å². The Hall–Kier alpha value is -2.74. The molecule has 8 heteroatoms. The fourth-order valence-corrected chi connectivity index (χ4v) is 3.23. The molecule has 0 radical (unpaired) electrons. The molecule has 0 spiro atoms. The van der Waals surface area contributed by atoms with Crippen molar-refractivity contribution in [2.75, 3.05) is 16.8 Å². The Morgan fingerprint density at radius 2 is 2.21 bits per heavy atom. The molecule has 7 nitrogen and oxygen atoms in total. The van der Waals surface area contributed by atoms with Crippen LogP contribution in [-0.4, -0.2) is 29.3 Å². The number of nitrogens with one attached hydrogen (secondary N) is 1. The lowest BCUT2D eigenvalue weighted by Gasteiger charge is -2.16. The number of carbonyl (C=O) groups is 3. The fourth-order valence-electron chi connectivity index (χ4n) is 2.53. The number of nitrogens with zero attached hydrogens (tertiary/aromatic N) is 2. The van der Waals surface area contributed by atoms with Crippen LogP contribution in [0.15, 0.2) is 29.6 Å². The standard InChI is InChI=1S/C16H16N4O3S/c17-13(21)8-11-9-24-16(18-11)19-15(23)10-3-1-4-12(7-10)20-6-2-5-14(20)22/h1,3-4,7,9H,2,5-6,8H2,(H2,17,21)(H,18,19,23). The molecule has 24 heavy (non-hydrogen) atoms. The van der Waals surface area contributed by atoms with Gasteiger partial charge in [0.15, 0.2) is 5.13 Å². The normalized spacial score (nSPS) is 14.0. The van der Waals surface area contributed by atoms with Crippen molar-refractivity contribution in [3.05, 3.63) is 40.9 Å². The summed E-state index contributed by atoms with van der Waals surface area (Å²) in [4.78, 5) is 40.9. The first-order valence-corrected chi connectivity index (χ1v) is 8.35. The van der Waals surface area contributed by atoms with Gasteiger partial charge < -0.3 is 10.6 Å². The van der Waals surface area contributed by atoms with Gasteiger partial charge in [0.25, 0.3) is 5.91 Å². The van der Waals surface area contributed by atoms with E-state index in [1.54, 1.807) is 28.5 Å². The third kappa shape index (κ3) is 3.60. The number of nitrogens with two attached hydrogens (primary N) is 1. The number of hydrogen-bond acceptors (Lipinski definition) is 5. The Labute approximate surface area is 142 Å². The zero-order valence-corrected chi connectivity index (χ0v) is 13.6. The molecule has 0 atom stereocenters. The zero-order valence-electron chi connectivity index (χ0n) is 12.8. The quantitative estimate of drug-likeness (QED) is 0.858. The topological polar surface area (TPSA) is 105 Å². The summed E-state index contributed by atoms with van der Waals surface area (Å²) in [6.45, 7) is 0.673. The van der Waals surface area contributed by atoms with Gasteiger partial charge in [0.1, 0.15) is 0 Å². The monoisotopic (exact) mass is 344 g/mol. The van der Waals surface area contributed by atoms with Crippen LogP contribution in [0.2, 0.25) is 0 Å². The average molecular weight is 344 g/mol. The number of carbonyl (C=O) groups excluding carboxylic acids is 3. The zero-order chi connectivity index (χ0) is 17.1. The van der Waals surface area contributed by atoms with Crippen molar-refractivity contribution in [1.29, 1.82) is 0 Å². The first-order valence-electron chi connectivity index (χ1n) is 7.47. The van der Waals surface area contributed by atoms with E-state index in [1.807, 2.05) is 6.07 Å². The van der Waals surface area contributed by atoms with Crippen LogP contribution in [0, 0.1) is 0 Å².